The van der Waals surface area contributed by atoms with Crippen LogP contribution < -0.4 is 5.32 Å². The fraction of sp³-hybridized carbons (Fsp3) is 0.100. The number of benzene rings is 1. The standard InChI is InChI=1S/C20H16N4O2S2/c1-24-8-7-21-19(24)18(26)13-2-4-15(5-3-13)22-17(25)10-16-12-28-20(23-16)14-6-9-27-11-14/h2-9,11-12H,10H2,1H3,(H,22,25). The molecule has 0 saturated heterocycles. The summed E-state index contributed by atoms with van der Waals surface area (Å²) in [4.78, 5) is 33.3. The van der Waals surface area contributed by atoms with E-state index in [4.69, 9.17) is 0 Å². The van der Waals surface area contributed by atoms with Crippen molar-refractivity contribution in [3.05, 3.63) is 75.9 Å². The number of nitrogens with one attached hydrogen (secondary N) is 1. The molecule has 0 aliphatic rings. The Labute approximate surface area is 169 Å². The topological polar surface area (TPSA) is 76.9 Å². The number of carbonyl (C=O) groups excluding carboxylic acids is 2. The number of aryl methyl sites for hydroxylation is 1. The van der Waals surface area contributed by atoms with E-state index in [2.05, 4.69) is 15.3 Å². The molecule has 1 aromatic carbocycles. The Morgan fingerprint density at radius 3 is 2.64 bits per heavy atom. The van der Waals surface area contributed by atoms with Gasteiger partial charge in [-0.1, -0.05) is 0 Å². The largest absolute Gasteiger partial charge is 0.331 e. The third-order valence-corrected chi connectivity index (χ3v) is 5.74. The second-order valence-corrected chi connectivity index (χ2v) is 7.79. The van der Waals surface area contributed by atoms with Crippen molar-refractivity contribution >= 4 is 40.1 Å². The molecule has 4 rings (SSSR count). The Balaban J connectivity index is 1.38. The molecule has 0 aliphatic heterocycles. The number of hydrogen-bond acceptors (Lipinski definition) is 6. The number of anilines is 1. The van der Waals surface area contributed by atoms with Crippen molar-refractivity contribution in [1.29, 1.82) is 0 Å². The van der Waals surface area contributed by atoms with Crippen LogP contribution in [-0.4, -0.2) is 26.2 Å². The molecular formula is C20H16N4O2S2. The van der Waals surface area contributed by atoms with Gasteiger partial charge in [-0.05, 0) is 35.7 Å². The highest BCUT2D eigenvalue weighted by atomic mass is 32.1. The van der Waals surface area contributed by atoms with E-state index in [0.717, 1.165) is 16.3 Å². The Morgan fingerprint density at radius 2 is 1.96 bits per heavy atom. The number of ketones is 1. The van der Waals surface area contributed by atoms with Gasteiger partial charge in [-0.15, -0.1) is 11.3 Å². The fourth-order valence-electron chi connectivity index (χ4n) is 2.70. The minimum Gasteiger partial charge on any atom is -0.331 e. The number of aromatic nitrogens is 3. The van der Waals surface area contributed by atoms with E-state index in [1.54, 1.807) is 59.6 Å². The lowest BCUT2D eigenvalue weighted by Gasteiger charge is -2.06. The van der Waals surface area contributed by atoms with Crippen LogP contribution >= 0.6 is 22.7 Å². The lowest BCUT2D eigenvalue weighted by molar-refractivity contribution is -0.115. The van der Waals surface area contributed by atoms with E-state index in [1.165, 1.54) is 11.3 Å². The highest BCUT2D eigenvalue weighted by Crippen LogP contribution is 2.26. The van der Waals surface area contributed by atoms with Crippen LogP contribution in [0.4, 0.5) is 5.69 Å². The van der Waals surface area contributed by atoms with Gasteiger partial charge in [-0.3, -0.25) is 9.59 Å². The fourth-order valence-corrected chi connectivity index (χ4v) is 4.23. The molecule has 0 bridgehead atoms. The smallest absolute Gasteiger partial charge is 0.230 e. The van der Waals surface area contributed by atoms with E-state index in [-0.39, 0.29) is 18.1 Å². The number of nitrogens with zero attached hydrogens (tertiary/aromatic N) is 3. The Kier molecular flexibility index (Phi) is 5.14. The average Bonchev–Trinajstić information content (AvgIpc) is 3.43. The quantitative estimate of drug-likeness (QED) is 0.489. The molecule has 1 amide bonds. The highest BCUT2D eigenvalue weighted by molar-refractivity contribution is 7.14. The molecule has 6 nitrogen and oxygen atoms in total. The van der Waals surface area contributed by atoms with Crippen LogP contribution in [-0.2, 0) is 18.3 Å². The molecule has 8 heteroatoms. The predicted molar refractivity (Wildman–Crippen MR) is 111 cm³/mol. The molecule has 4 aromatic rings. The summed E-state index contributed by atoms with van der Waals surface area (Å²) < 4.78 is 1.68. The molecule has 0 atom stereocenters. The molecule has 28 heavy (non-hydrogen) atoms. The summed E-state index contributed by atoms with van der Waals surface area (Å²) in [5, 5.41) is 9.71. The van der Waals surface area contributed by atoms with Crippen LogP contribution in [0.1, 0.15) is 21.9 Å². The van der Waals surface area contributed by atoms with Crippen LogP contribution in [0.15, 0.2) is 58.9 Å². The summed E-state index contributed by atoms with van der Waals surface area (Å²) in [6.45, 7) is 0. The van der Waals surface area contributed by atoms with Gasteiger partial charge in [0.05, 0.1) is 12.1 Å². The number of thiazole rings is 1. The number of hydrogen-bond donors (Lipinski definition) is 1. The number of thiophene rings is 1. The van der Waals surface area contributed by atoms with Crippen molar-refractivity contribution in [3.8, 4) is 10.6 Å². The molecule has 0 saturated carbocycles. The summed E-state index contributed by atoms with van der Waals surface area (Å²) in [6.07, 6.45) is 3.52. The van der Waals surface area contributed by atoms with Crippen LogP contribution in [0.5, 0.6) is 0 Å². The van der Waals surface area contributed by atoms with Crippen molar-refractivity contribution in [2.45, 2.75) is 6.42 Å². The molecule has 0 spiro atoms. The van der Waals surface area contributed by atoms with Crippen LogP contribution in [0.3, 0.4) is 0 Å². The molecule has 0 aliphatic carbocycles. The first-order chi connectivity index (χ1) is 13.6. The van der Waals surface area contributed by atoms with E-state index < -0.39 is 0 Å². The maximum atomic E-state index is 12.4. The molecule has 0 radical (unpaired) electrons. The third kappa shape index (κ3) is 3.92. The first-order valence-corrected chi connectivity index (χ1v) is 10.3. The Hall–Kier alpha value is -3.10. The lowest BCUT2D eigenvalue weighted by atomic mass is 10.1. The first-order valence-electron chi connectivity index (χ1n) is 8.49. The zero-order valence-electron chi connectivity index (χ0n) is 15.0. The summed E-state index contributed by atoms with van der Waals surface area (Å²) in [5.74, 6) is 0.0703. The van der Waals surface area contributed by atoms with E-state index in [9.17, 15) is 9.59 Å². The zero-order chi connectivity index (χ0) is 19.5. The minimum atomic E-state index is -0.159. The second-order valence-electron chi connectivity index (χ2n) is 6.15. The zero-order valence-corrected chi connectivity index (χ0v) is 16.6. The number of amides is 1. The van der Waals surface area contributed by atoms with Gasteiger partial charge in [0.1, 0.15) is 5.01 Å². The van der Waals surface area contributed by atoms with E-state index >= 15 is 0 Å². The molecule has 0 unspecified atom stereocenters. The maximum Gasteiger partial charge on any atom is 0.230 e. The van der Waals surface area contributed by atoms with Crippen molar-refractivity contribution in [2.24, 2.45) is 7.05 Å². The SMILES string of the molecule is Cn1ccnc1C(=O)c1ccc(NC(=O)Cc2csc(-c3ccsc3)n2)cc1. The number of carbonyl (C=O) groups is 2. The molecular weight excluding hydrogens is 392 g/mol. The Bertz CT molecular complexity index is 1110. The lowest BCUT2D eigenvalue weighted by Crippen LogP contribution is -2.15. The van der Waals surface area contributed by atoms with Crippen LogP contribution in [0.25, 0.3) is 10.6 Å². The monoisotopic (exact) mass is 408 g/mol. The molecule has 0 fully saturated rings. The van der Waals surface area contributed by atoms with Crippen LogP contribution in [0, 0.1) is 0 Å². The summed E-state index contributed by atoms with van der Waals surface area (Å²) in [6, 6.07) is 8.81. The van der Waals surface area contributed by atoms with Crippen molar-refractivity contribution in [2.75, 3.05) is 5.32 Å². The van der Waals surface area contributed by atoms with Gasteiger partial charge in [0.15, 0.2) is 5.82 Å². The van der Waals surface area contributed by atoms with Crippen molar-refractivity contribution in [3.63, 3.8) is 0 Å². The van der Waals surface area contributed by atoms with E-state index in [0.29, 0.717) is 17.1 Å². The third-order valence-electron chi connectivity index (χ3n) is 4.12. The highest BCUT2D eigenvalue weighted by Gasteiger charge is 2.14. The van der Waals surface area contributed by atoms with Gasteiger partial charge in [0.2, 0.25) is 11.7 Å². The van der Waals surface area contributed by atoms with Gasteiger partial charge in [0, 0.05) is 47.0 Å². The number of rotatable bonds is 6. The maximum absolute atomic E-state index is 12.4. The average molecular weight is 409 g/mol. The first kappa shape index (κ1) is 18.3. The minimum absolute atomic E-state index is 0.148. The predicted octanol–water partition coefficient (Wildman–Crippen LogP) is 4.02. The molecule has 140 valence electrons. The van der Waals surface area contributed by atoms with Gasteiger partial charge in [-0.25, -0.2) is 9.97 Å². The van der Waals surface area contributed by atoms with Gasteiger partial charge >= 0.3 is 0 Å². The molecule has 1 N–H and O–H groups in total. The molecule has 3 heterocycles. The van der Waals surface area contributed by atoms with E-state index in [1.807, 2.05) is 22.2 Å². The second kappa shape index (κ2) is 7.87. The number of imidazole rings is 1. The summed E-state index contributed by atoms with van der Waals surface area (Å²) >= 11 is 3.15. The van der Waals surface area contributed by atoms with Gasteiger partial charge in [-0.2, -0.15) is 11.3 Å². The van der Waals surface area contributed by atoms with Gasteiger partial charge < -0.3 is 9.88 Å². The summed E-state index contributed by atoms with van der Waals surface area (Å²) in [5.41, 5.74) is 2.97. The Morgan fingerprint density at radius 1 is 1.14 bits per heavy atom. The normalized spacial score (nSPS) is 10.8. The van der Waals surface area contributed by atoms with Gasteiger partial charge in [0.25, 0.3) is 0 Å². The van der Waals surface area contributed by atoms with Crippen molar-refractivity contribution in [1.82, 2.24) is 14.5 Å². The van der Waals surface area contributed by atoms with Crippen molar-refractivity contribution < 1.29 is 9.59 Å². The molecule has 3 aromatic heterocycles. The van der Waals surface area contributed by atoms with Crippen LogP contribution in [0.2, 0.25) is 0 Å². The summed E-state index contributed by atoms with van der Waals surface area (Å²) in [7, 11) is 1.77.